The van der Waals surface area contributed by atoms with Gasteiger partial charge in [0.05, 0.1) is 12.2 Å². The molecule has 4 aliphatic heterocycles. The van der Waals surface area contributed by atoms with Crippen LogP contribution in [-0.4, -0.2) is 62.5 Å². The minimum Gasteiger partial charge on any atom is -0.381 e. The number of hydrogen-bond donors (Lipinski definition) is 2. The number of nitrogens with zero attached hydrogens (tertiary/aromatic N) is 1. The highest BCUT2D eigenvalue weighted by atomic mass is 16.5. The molecule has 4 heterocycles. The predicted octanol–water partition coefficient (Wildman–Crippen LogP) is 2.39. The molecule has 6 nitrogen and oxygen atoms in total. The molecule has 0 aromatic heterocycles. The van der Waals surface area contributed by atoms with Crippen molar-refractivity contribution in [1.82, 2.24) is 15.5 Å². The summed E-state index contributed by atoms with van der Waals surface area (Å²) in [6.45, 7) is 7.01. The molecule has 4 saturated heterocycles. The molecule has 1 unspecified atom stereocenters. The van der Waals surface area contributed by atoms with Crippen LogP contribution in [0.1, 0.15) is 31.2 Å². The largest absolute Gasteiger partial charge is 0.381 e. The quantitative estimate of drug-likeness (QED) is 0.771. The third-order valence-electron chi connectivity index (χ3n) is 7.65. The standard InChI is InChI=1S/C23H33N3O3/c27-21(25-16-23-10-19(11-23)15-29-23)24-12-20-14-26(13-18-4-2-1-3-5-18)17-22(20)6-8-28-9-7-22/h1-5,19-20H,6-17H2,(H2,24,25,27). The Balaban J connectivity index is 1.16. The van der Waals surface area contributed by atoms with Crippen LogP contribution in [0.25, 0.3) is 0 Å². The van der Waals surface area contributed by atoms with Crippen LogP contribution in [0.15, 0.2) is 30.3 Å². The lowest BCUT2D eigenvalue weighted by atomic mass is 9.72. The maximum absolute atomic E-state index is 12.4. The summed E-state index contributed by atoms with van der Waals surface area (Å²) in [5.74, 6) is 1.19. The Morgan fingerprint density at radius 3 is 2.66 bits per heavy atom. The van der Waals surface area contributed by atoms with Gasteiger partial charge >= 0.3 is 6.03 Å². The Hall–Kier alpha value is -1.63. The molecule has 0 radical (unpaired) electrons. The van der Waals surface area contributed by atoms with Crippen molar-refractivity contribution in [3.63, 3.8) is 0 Å². The number of urea groups is 1. The number of benzene rings is 1. The number of nitrogens with one attached hydrogen (secondary N) is 2. The molecule has 2 N–H and O–H groups in total. The maximum atomic E-state index is 12.4. The molecule has 1 atom stereocenters. The Bertz CT molecular complexity index is 708. The first kappa shape index (κ1) is 19.3. The van der Waals surface area contributed by atoms with Crippen LogP contribution in [0, 0.1) is 17.3 Å². The summed E-state index contributed by atoms with van der Waals surface area (Å²) in [5, 5.41) is 6.22. The van der Waals surface area contributed by atoms with E-state index in [1.165, 1.54) is 5.56 Å². The van der Waals surface area contributed by atoms with Crippen LogP contribution in [0.4, 0.5) is 4.79 Å². The van der Waals surface area contributed by atoms with Gasteiger partial charge in [-0.3, -0.25) is 4.90 Å². The zero-order valence-corrected chi connectivity index (χ0v) is 17.2. The van der Waals surface area contributed by atoms with Gasteiger partial charge in [-0.2, -0.15) is 0 Å². The van der Waals surface area contributed by atoms with Gasteiger partial charge in [0.1, 0.15) is 0 Å². The van der Waals surface area contributed by atoms with Crippen LogP contribution in [-0.2, 0) is 16.0 Å². The lowest BCUT2D eigenvalue weighted by Crippen LogP contribution is -2.51. The van der Waals surface area contributed by atoms with Gasteiger partial charge in [0.15, 0.2) is 0 Å². The summed E-state index contributed by atoms with van der Waals surface area (Å²) in [4.78, 5) is 15.0. The van der Waals surface area contributed by atoms with Crippen molar-refractivity contribution in [2.75, 3.05) is 46.0 Å². The second-order valence-electron chi connectivity index (χ2n) is 9.66. The Morgan fingerprint density at radius 2 is 1.93 bits per heavy atom. The van der Waals surface area contributed by atoms with Crippen LogP contribution < -0.4 is 10.6 Å². The topological polar surface area (TPSA) is 62.8 Å². The number of ether oxygens (including phenoxy) is 2. The lowest BCUT2D eigenvalue weighted by Gasteiger charge is -2.38. The van der Waals surface area contributed by atoms with Crippen molar-refractivity contribution in [3.05, 3.63) is 35.9 Å². The zero-order valence-electron chi connectivity index (χ0n) is 17.2. The van der Waals surface area contributed by atoms with E-state index in [2.05, 4.69) is 45.9 Å². The molecule has 1 saturated carbocycles. The molecule has 2 amide bonds. The van der Waals surface area contributed by atoms with Crippen molar-refractivity contribution in [2.24, 2.45) is 17.3 Å². The fourth-order valence-electron chi connectivity index (χ4n) is 5.97. The number of hydrogen-bond acceptors (Lipinski definition) is 4. The normalized spacial score (nSPS) is 32.8. The van der Waals surface area contributed by atoms with Gasteiger partial charge in [0.2, 0.25) is 0 Å². The van der Waals surface area contributed by atoms with E-state index in [-0.39, 0.29) is 17.0 Å². The molecule has 158 valence electrons. The molecule has 1 aromatic rings. The molecule has 1 spiro atoms. The number of amides is 2. The fourth-order valence-corrected chi connectivity index (χ4v) is 5.97. The molecule has 6 rings (SSSR count). The van der Waals surface area contributed by atoms with E-state index < -0.39 is 0 Å². The molecule has 29 heavy (non-hydrogen) atoms. The SMILES string of the molecule is O=C(NCC1CN(Cc2ccccc2)CC12CCOCC2)NCC12CC(CO1)C2. The van der Waals surface area contributed by atoms with E-state index in [9.17, 15) is 4.79 Å². The number of carbonyl (C=O) groups is 1. The minimum atomic E-state index is -0.0657. The van der Waals surface area contributed by atoms with Gasteiger partial charge in [-0.05, 0) is 48.5 Å². The Labute approximate surface area is 173 Å². The van der Waals surface area contributed by atoms with E-state index in [1.54, 1.807) is 0 Å². The average molecular weight is 400 g/mol. The van der Waals surface area contributed by atoms with E-state index >= 15 is 0 Å². The van der Waals surface area contributed by atoms with Crippen LogP contribution >= 0.6 is 0 Å². The first-order valence-corrected chi connectivity index (χ1v) is 11.1. The number of fused-ring (bicyclic) bond motifs is 1. The summed E-state index contributed by atoms with van der Waals surface area (Å²) in [7, 11) is 0. The van der Waals surface area contributed by atoms with Crippen molar-refractivity contribution in [2.45, 2.75) is 37.8 Å². The highest BCUT2D eigenvalue weighted by Gasteiger charge is 2.52. The summed E-state index contributed by atoms with van der Waals surface area (Å²) < 4.78 is 11.5. The Morgan fingerprint density at radius 1 is 1.14 bits per heavy atom. The molecular weight excluding hydrogens is 366 g/mol. The van der Waals surface area contributed by atoms with E-state index in [0.717, 1.165) is 77.6 Å². The summed E-state index contributed by atoms with van der Waals surface area (Å²) in [6, 6.07) is 10.6. The molecule has 2 bridgehead atoms. The first-order chi connectivity index (χ1) is 14.1. The lowest BCUT2D eigenvalue weighted by molar-refractivity contribution is -0.000637. The van der Waals surface area contributed by atoms with Crippen molar-refractivity contribution < 1.29 is 14.3 Å². The van der Waals surface area contributed by atoms with E-state index in [4.69, 9.17) is 9.47 Å². The van der Waals surface area contributed by atoms with Crippen LogP contribution in [0.3, 0.4) is 0 Å². The van der Waals surface area contributed by atoms with E-state index in [1.807, 2.05) is 0 Å². The third-order valence-corrected chi connectivity index (χ3v) is 7.65. The molecule has 5 fully saturated rings. The highest BCUT2D eigenvalue weighted by molar-refractivity contribution is 5.74. The maximum Gasteiger partial charge on any atom is 0.314 e. The average Bonchev–Trinajstić information content (AvgIpc) is 3.40. The molecule has 1 aromatic carbocycles. The van der Waals surface area contributed by atoms with Gasteiger partial charge in [0.25, 0.3) is 0 Å². The monoisotopic (exact) mass is 399 g/mol. The molecular formula is C23H33N3O3. The van der Waals surface area contributed by atoms with E-state index in [0.29, 0.717) is 12.5 Å². The van der Waals surface area contributed by atoms with Crippen LogP contribution in [0.2, 0.25) is 0 Å². The summed E-state index contributed by atoms with van der Waals surface area (Å²) >= 11 is 0. The number of rotatable bonds is 6. The summed E-state index contributed by atoms with van der Waals surface area (Å²) in [6.07, 6.45) is 4.39. The second-order valence-corrected chi connectivity index (χ2v) is 9.66. The predicted molar refractivity (Wildman–Crippen MR) is 111 cm³/mol. The Kier molecular flexibility index (Phi) is 5.26. The van der Waals surface area contributed by atoms with Crippen molar-refractivity contribution >= 4 is 6.03 Å². The smallest absolute Gasteiger partial charge is 0.314 e. The second kappa shape index (κ2) is 7.89. The molecule has 6 heteroatoms. The van der Waals surface area contributed by atoms with Crippen molar-refractivity contribution in [3.8, 4) is 0 Å². The van der Waals surface area contributed by atoms with Gasteiger partial charge in [-0.1, -0.05) is 30.3 Å². The van der Waals surface area contributed by atoms with Gasteiger partial charge in [-0.15, -0.1) is 0 Å². The summed E-state index contributed by atoms with van der Waals surface area (Å²) in [5.41, 5.74) is 1.55. The van der Waals surface area contributed by atoms with Gasteiger partial charge in [-0.25, -0.2) is 4.79 Å². The molecule has 1 aliphatic carbocycles. The van der Waals surface area contributed by atoms with Crippen molar-refractivity contribution in [1.29, 1.82) is 0 Å². The molecule has 5 aliphatic rings. The van der Waals surface area contributed by atoms with Crippen LogP contribution in [0.5, 0.6) is 0 Å². The minimum absolute atomic E-state index is 0.0537. The van der Waals surface area contributed by atoms with Gasteiger partial charge < -0.3 is 20.1 Å². The number of carbonyl (C=O) groups excluding carboxylic acids is 1. The zero-order chi connectivity index (χ0) is 19.7. The number of likely N-dealkylation sites (tertiary alicyclic amines) is 1. The van der Waals surface area contributed by atoms with Gasteiger partial charge in [0, 0.05) is 45.9 Å². The first-order valence-electron chi connectivity index (χ1n) is 11.1. The fraction of sp³-hybridized carbons (Fsp3) is 0.696. The highest BCUT2D eigenvalue weighted by Crippen LogP contribution is 2.48. The third kappa shape index (κ3) is 4.03.